The average Bonchev–Trinajstić information content (AvgIpc) is 2.80. The van der Waals surface area contributed by atoms with Crippen molar-refractivity contribution >= 4 is 35.0 Å². The molecule has 0 atom stereocenters. The van der Waals surface area contributed by atoms with Crippen LogP contribution in [0.4, 0.5) is 16.3 Å². The van der Waals surface area contributed by atoms with Crippen LogP contribution in [0.5, 0.6) is 11.5 Å². The quantitative estimate of drug-likeness (QED) is 0.677. The highest BCUT2D eigenvalue weighted by molar-refractivity contribution is 6.32. The zero-order chi connectivity index (χ0) is 22.2. The fraction of sp³-hybridized carbons (Fsp3) is 0.381. The highest BCUT2D eigenvalue weighted by atomic mass is 35.5. The number of amides is 3. The van der Waals surface area contributed by atoms with Gasteiger partial charge in [-0.3, -0.25) is 4.79 Å². The second-order valence-electron chi connectivity index (χ2n) is 6.87. The van der Waals surface area contributed by atoms with Crippen LogP contribution in [0.15, 0.2) is 36.5 Å². The van der Waals surface area contributed by atoms with Crippen LogP contribution >= 0.6 is 11.6 Å². The number of pyridine rings is 1. The van der Waals surface area contributed by atoms with Gasteiger partial charge in [0.15, 0.2) is 0 Å². The lowest BCUT2D eigenvalue weighted by atomic mass is 10.2. The molecular formula is C21H26ClN5O4. The first-order valence-corrected chi connectivity index (χ1v) is 10.3. The summed E-state index contributed by atoms with van der Waals surface area (Å²) >= 11 is 6.07. The van der Waals surface area contributed by atoms with Crippen LogP contribution in [0.25, 0.3) is 0 Å². The smallest absolute Gasteiger partial charge is 0.319 e. The van der Waals surface area contributed by atoms with Gasteiger partial charge in [0.25, 0.3) is 0 Å². The van der Waals surface area contributed by atoms with E-state index < -0.39 is 6.03 Å². The van der Waals surface area contributed by atoms with Crippen molar-refractivity contribution in [2.75, 3.05) is 57.2 Å². The monoisotopic (exact) mass is 447 g/mol. The number of aromatic nitrogens is 1. The number of carbonyl (C=O) groups is 2. The molecule has 0 saturated carbocycles. The van der Waals surface area contributed by atoms with Gasteiger partial charge in [-0.25, -0.2) is 9.78 Å². The summed E-state index contributed by atoms with van der Waals surface area (Å²) in [5.41, 5.74) is 0.415. The van der Waals surface area contributed by atoms with Crippen molar-refractivity contribution < 1.29 is 19.1 Å². The normalized spacial score (nSPS) is 13.5. The number of rotatable bonds is 7. The Morgan fingerprint density at radius 2 is 1.84 bits per heavy atom. The lowest BCUT2D eigenvalue weighted by Gasteiger charge is -2.35. The zero-order valence-corrected chi connectivity index (χ0v) is 18.3. The second kappa shape index (κ2) is 10.7. The first kappa shape index (κ1) is 22.5. The molecule has 3 rings (SSSR count). The van der Waals surface area contributed by atoms with Gasteiger partial charge >= 0.3 is 6.03 Å². The molecule has 166 valence electrons. The Hall–Kier alpha value is -3.20. The minimum Gasteiger partial charge on any atom is -0.495 e. The van der Waals surface area contributed by atoms with Crippen molar-refractivity contribution in [1.29, 1.82) is 0 Å². The third-order valence-corrected chi connectivity index (χ3v) is 5.25. The summed E-state index contributed by atoms with van der Waals surface area (Å²) in [6.45, 7) is 2.94. The van der Waals surface area contributed by atoms with Gasteiger partial charge in [0, 0.05) is 57.5 Å². The lowest BCUT2D eigenvalue weighted by molar-refractivity contribution is -0.131. The molecule has 2 heterocycles. The molecule has 1 fully saturated rings. The van der Waals surface area contributed by atoms with Gasteiger partial charge in [0.1, 0.15) is 17.3 Å². The van der Waals surface area contributed by atoms with Gasteiger partial charge in [-0.15, -0.1) is 0 Å². The van der Waals surface area contributed by atoms with Crippen LogP contribution in [-0.4, -0.2) is 68.8 Å². The van der Waals surface area contributed by atoms with Crippen LogP contribution in [0.3, 0.4) is 0 Å². The minimum absolute atomic E-state index is 0.00622. The largest absolute Gasteiger partial charge is 0.495 e. The number of hydrogen-bond acceptors (Lipinski definition) is 6. The maximum absolute atomic E-state index is 12.5. The van der Waals surface area contributed by atoms with E-state index in [-0.39, 0.29) is 18.9 Å². The molecule has 31 heavy (non-hydrogen) atoms. The number of methoxy groups -OCH3 is 2. The lowest BCUT2D eigenvalue weighted by Crippen LogP contribution is -2.49. The molecule has 0 radical (unpaired) electrons. The van der Waals surface area contributed by atoms with E-state index in [1.165, 1.54) is 14.2 Å². The number of hydrogen-bond donors (Lipinski definition) is 2. The number of nitrogens with one attached hydrogen (secondary N) is 2. The van der Waals surface area contributed by atoms with E-state index in [1.807, 2.05) is 23.1 Å². The van der Waals surface area contributed by atoms with E-state index in [2.05, 4.69) is 20.5 Å². The molecule has 1 aliphatic heterocycles. The van der Waals surface area contributed by atoms with E-state index >= 15 is 0 Å². The number of piperazine rings is 1. The molecule has 1 aromatic heterocycles. The summed E-state index contributed by atoms with van der Waals surface area (Å²) in [5, 5.41) is 5.75. The first-order chi connectivity index (χ1) is 15.0. The molecule has 3 amide bonds. The number of carbonyl (C=O) groups excluding carboxylic acids is 2. The molecule has 2 N–H and O–H groups in total. The highest BCUT2D eigenvalue weighted by Gasteiger charge is 2.21. The first-order valence-electron chi connectivity index (χ1n) is 9.92. The Morgan fingerprint density at radius 1 is 1.10 bits per heavy atom. The molecule has 9 nitrogen and oxygen atoms in total. The third kappa shape index (κ3) is 5.91. The van der Waals surface area contributed by atoms with Gasteiger partial charge in [-0.2, -0.15) is 0 Å². The zero-order valence-electron chi connectivity index (χ0n) is 17.6. The summed E-state index contributed by atoms with van der Waals surface area (Å²) in [6, 6.07) is 8.48. The third-order valence-electron chi connectivity index (χ3n) is 4.95. The van der Waals surface area contributed by atoms with Crippen molar-refractivity contribution in [3.05, 3.63) is 41.6 Å². The Balaban J connectivity index is 1.43. The van der Waals surface area contributed by atoms with E-state index in [0.717, 1.165) is 18.9 Å². The summed E-state index contributed by atoms with van der Waals surface area (Å²) in [6.07, 6.45) is 1.98. The van der Waals surface area contributed by atoms with Crippen molar-refractivity contribution in [3.63, 3.8) is 0 Å². The van der Waals surface area contributed by atoms with Gasteiger partial charge < -0.3 is 29.9 Å². The maximum Gasteiger partial charge on any atom is 0.319 e. The Morgan fingerprint density at radius 3 is 2.48 bits per heavy atom. The molecule has 1 saturated heterocycles. The standard InChI is InChI=1S/C21H26ClN5O4/c1-30-17-14-16(18(31-2)13-15(17)22)25-21(29)24-8-6-20(28)27-11-9-26(10-12-27)19-5-3-4-7-23-19/h3-5,7,13-14H,6,8-12H2,1-2H3,(H2,24,25,29). The molecule has 10 heteroatoms. The second-order valence-corrected chi connectivity index (χ2v) is 7.28. The van der Waals surface area contributed by atoms with E-state index in [4.69, 9.17) is 21.1 Å². The number of anilines is 2. The fourth-order valence-electron chi connectivity index (χ4n) is 3.29. The number of halogens is 1. The SMILES string of the molecule is COc1cc(NC(=O)NCCC(=O)N2CCN(c3ccccn3)CC2)c(OC)cc1Cl. The van der Waals surface area contributed by atoms with Crippen LogP contribution in [-0.2, 0) is 4.79 Å². The van der Waals surface area contributed by atoms with Gasteiger partial charge in [0.05, 0.1) is 24.9 Å². The van der Waals surface area contributed by atoms with Crippen molar-refractivity contribution in [2.24, 2.45) is 0 Å². The molecule has 2 aromatic rings. The van der Waals surface area contributed by atoms with Crippen molar-refractivity contribution in [1.82, 2.24) is 15.2 Å². The summed E-state index contributed by atoms with van der Waals surface area (Å²) in [4.78, 5) is 33.0. The van der Waals surface area contributed by atoms with Gasteiger partial charge in [-0.05, 0) is 12.1 Å². The van der Waals surface area contributed by atoms with E-state index in [0.29, 0.717) is 35.3 Å². The molecule has 1 aliphatic rings. The van der Waals surface area contributed by atoms with Gasteiger partial charge in [-0.1, -0.05) is 17.7 Å². The van der Waals surface area contributed by atoms with Crippen LogP contribution in [0.1, 0.15) is 6.42 Å². The number of urea groups is 1. The fourth-order valence-corrected chi connectivity index (χ4v) is 3.52. The van der Waals surface area contributed by atoms with Gasteiger partial charge in [0.2, 0.25) is 5.91 Å². The Kier molecular flexibility index (Phi) is 7.77. The van der Waals surface area contributed by atoms with Crippen molar-refractivity contribution in [2.45, 2.75) is 6.42 Å². The molecule has 0 bridgehead atoms. The Labute approximate surface area is 186 Å². The van der Waals surface area contributed by atoms with Crippen LogP contribution in [0, 0.1) is 0 Å². The highest BCUT2D eigenvalue weighted by Crippen LogP contribution is 2.35. The predicted molar refractivity (Wildman–Crippen MR) is 119 cm³/mol. The van der Waals surface area contributed by atoms with Crippen LogP contribution < -0.4 is 25.0 Å². The summed E-state index contributed by atoms with van der Waals surface area (Å²) in [7, 11) is 2.97. The maximum atomic E-state index is 12.5. The topological polar surface area (TPSA) is 96.0 Å². The molecule has 0 unspecified atom stereocenters. The van der Waals surface area contributed by atoms with E-state index in [1.54, 1.807) is 18.3 Å². The number of benzene rings is 1. The summed E-state index contributed by atoms with van der Waals surface area (Å²) < 4.78 is 10.4. The van der Waals surface area contributed by atoms with Crippen molar-refractivity contribution in [3.8, 4) is 11.5 Å². The predicted octanol–water partition coefficient (Wildman–Crippen LogP) is 2.61. The molecular weight excluding hydrogens is 422 g/mol. The average molecular weight is 448 g/mol. The van der Waals surface area contributed by atoms with Crippen LogP contribution in [0.2, 0.25) is 5.02 Å². The summed E-state index contributed by atoms with van der Waals surface area (Å²) in [5.74, 6) is 1.74. The van der Waals surface area contributed by atoms with E-state index in [9.17, 15) is 9.59 Å². The molecule has 0 spiro atoms. The minimum atomic E-state index is -0.449. The molecule has 0 aliphatic carbocycles. The Bertz CT molecular complexity index is 904. The number of nitrogens with zero attached hydrogens (tertiary/aromatic N) is 3. The number of ether oxygens (including phenoxy) is 2. The molecule has 1 aromatic carbocycles.